The molecule has 1 heterocycles. The lowest BCUT2D eigenvalue weighted by molar-refractivity contribution is 0.668. The van der Waals surface area contributed by atoms with Crippen molar-refractivity contribution in [3.63, 3.8) is 0 Å². The van der Waals surface area contributed by atoms with Gasteiger partial charge in [0.1, 0.15) is 22.8 Å². The van der Waals surface area contributed by atoms with Crippen molar-refractivity contribution in [1.29, 1.82) is 10.8 Å². The SMILES string of the molecule is N=C(N)c1ccc2c(c1)oc1c(C(=N)N)cccc12. The fourth-order valence-electron chi connectivity index (χ4n) is 2.18. The van der Waals surface area contributed by atoms with Crippen molar-refractivity contribution in [1.82, 2.24) is 0 Å². The molecular weight excluding hydrogens is 240 g/mol. The molecule has 0 aliphatic rings. The summed E-state index contributed by atoms with van der Waals surface area (Å²) in [5.41, 5.74) is 13.4. The third kappa shape index (κ3) is 1.63. The van der Waals surface area contributed by atoms with Gasteiger partial charge in [-0.05, 0) is 18.2 Å². The van der Waals surface area contributed by atoms with Crippen LogP contribution in [0.4, 0.5) is 0 Å². The number of para-hydroxylation sites is 1. The predicted octanol–water partition coefficient (Wildman–Crippen LogP) is 2.15. The number of hydrogen-bond donors (Lipinski definition) is 4. The second-order valence-electron chi connectivity index (χ2n) is 4.32. The Morgan fingerprint density at radius 3 is 2.42 bits per heavy atom. The van der Waals surface area contributed by atoms with E-state index in [-0.39, 0.29) is 11.7 Å². The molecular formula is C14H12N4O. The van der Waals surface area contributed by atoms with Gasteiger partial charge in [0.15, 0.2) is 0 Å². The highest BCUT2D eigenvalue weighted by molar-refractivity contribution is 6.14. The molecule has 3 rings (SSSR count). The summed E-state index contributed by atoms with van der Waals surface area (Å²) < 4.78 is 5.76. The molecule has 5 heteroatoms. The molecule has 6 N–H and O–H groups in total. The van der Waals surface area contributed by atoms with Gasteiger partial charge in [0.05, 0.1) is 5.56 Å². The second-order valence-corrected chi connectivity index (χ2v) is 4.32. The fraction of sp³-hybridized carbons (Fsp3) is 0. The molecule has 0 spiro atoms. The van der Waals surface area contributed by atoms with E-state index in [2.05, 4.69) is 0 Å². The smallest absolute Gasteiger partial charge is 0.146 e. The van der Waals surface area contributed by atoms with Crippen LogP contribution in [0.1, 0.15) is 11.1 Å². The summed E-state index contributed by atoms with van der Waals surface area (Å²) in [6.07, 6.45) is 0. The molecule has 19 heavy (non-hydrogen) atoms. The first-order valence-electron chi connectivity index (χ1n) is 5.72. The number of nitrogens with one attached hydrogen (secondary N) is 2. The first kappa shape index (κ1) is 11.3. The number of fused-ring (bicyclic) bond motifs is 3. The fourth-order valence-corrected chi connectivity index (χ4v) is 2.18. The molecule has 0 aliphatic heterocycles. The van der Waals surface area contributed by atoms with E-state index in [0.29, 0.717) is 22.3 Å². The Kier molecular flexibility index (Phi) is 2.28. The number of nitrogen functional groups attached to an aromatic ring is 2. The van der Waals surface area contributed by atoms with Gasteiger partial charge < -0.3 is 15.9 Å². The molecule has 0 radical (unpaired) electrons. The van der Waals surface area contributed by atoms with Gasteiger partial charge in [0.2, 0.25) is 0 Å². The van der Waals surface area contributed by atoms with Crippen molar-refractivity contribution in [2.45, 2.75) is 0 Å². The lowest BCUT2D eigenvalue weighted by Crippen LogP contribution is -2.10. The molecule has 3 aromatic rings. The van der Waals surface area contributed by atoms with E-state index in [1.165, 1.54) is 0 Å². The van der Waals surface area contributed by atoms with Crippen LogP contribution in [0.3, 0.4) is 0 Å². The molecule has 0 bridgehead atoms. The quantitative estimate of drug-likeness (QED) is 0.414. The van der Waals surface area contributed by atoms with Crippen molar-refractivity contribution in [3.05, 3.63) is 47.5 Å². The molecule has 0 atom stereocenters. The summed E-state index contributed by atoms with van der Waals surface area (Å²) in [6, 6.07) is 10.9. The van der Waals surface area contributed by atoms with Crippen LogP contribution in [0.15, 0.2) is 40.8 Å². The maximum atomic E-state index is 7.57. The number of hydrogen-bond acceptors (Lipinski definition) is 3. The molecule has 0 saturated heterocycles. The highest BCUT2D eigenvalue weighted by Crippen LogP contribution is 2.31. The Bertz CT molecular complexity index is 832. The average Bonchev–Trinajstić information content (AvgIpc) is 2.75. The Balaban J connectivity index is 2.41. The van der Waals surface area contributed by atoms with E-state index in [1.54, 1.807) is 18.2 Å². The molecule has 0 aliphatic carbocycles. The van der Waals surface area contributed by atoms with Crippen molar-refractivity contribution < 1.29 is 4.42 Å². The normalized spacial score (nSPS) is 10.9. The van der Waals surface area contributed by atoms with Crippen LogP contribution in [0.25, 0.3) is 21.9 Å². The average molecular weight is 252 g/mol. The third-order valence-corrected chi connectivity index (χ3v) is 3.10. The van der Waals surface area contributed by atoms with Gasteiger partial charge >= 0.3 is 0 Å². The van der Waals surface area contributed by atoms with E-state index in [9.17, 15) is 0 Å². The number of rotatable bonds is 2. The van der Waals surface area contributed by atoms with Crippen LogP contribution >= 0.6 is 0 Å². The van der Waals surface area contributed by atoms with Gasteiger partial charge in [-0.3, -0.25) is 10.8 Å². The van der Waals surface area contributed by atoms with E-state index in [1.807, 2.05) is 18.2 Å². The first-order valence-corrected chi connectivity index (χ1v) is 5.72. The Hall–Kier alpha value is -2.82. The summed E-state index contributed by atoms with van der Waals surface area (Å²) in [6.45, 7) is 0. The van der Waals surface area contributed by atoms with E-state index < -0.39 is 0 Å². The minimum absolute atomic E-state index is 0.00542. The number of furan rings is 1. The van der Waals surface area contributed by atoms with Gasteiger partial charge in [-0.2, -0.15) is 0 Å². The minimum atomic E-state index is -0.0311. The molecule has 0 amide bonds. The Morgan fingerprint density at radius 1 is 0.947 bits per heavy atom. The molecule has 0 unspecified atom stereocenters. The maximum Gasteiger partial charge on any atom is 0.146 e. The Labute approximate surface area is 108 Å². The molecule has 1 aromatic heterocycles. The second kappa shape index (κ2) is 3.84. The van der Waals surface area contributed by atoms with Crippen molar-refractivity contribution >= 4 is 33.6 Å². The van der Waals surface area contributed by atoms with Crippen molar-refractivity contribution in [2.24, 2.45) is 11.5 Å². The zero-order valence-electron chi connectivity index (χ0n) is 10.0. The van der Waals surface area contributed by atoms with Gasteiger partial charge in [-0.15, -0.1) is 0 Å². The highest BCUT2D eigenvalue weighted by Gasteiger charge is 2.12. The van der Waals surface area contributed by atoms with E-state index >= 15 is 0 Å². The highest BCUT2D eigenvalue weighted by atomic mass is 16.3. The molecule has 0 saturated carbocycles. The molecule has 2 aromatic carbocycles. The summed E-state index contributed by atoms with van der Waals surface area (Å²) in [4.78, 5) is 0. The van der Waals surface area contributed by atoms with E-state index in [4.69, 9.17) is 26.7 Å². The van der Waals surface area contributed by atoms with Gasteiger partial charge in [0, 0.05) is 16.3 Å². The van der Waals surface area contributed by atoms with Crippen molar-refractivity contribution in [3.8, 4) is 0 Å². The zero-order valence-corrected chi connectivity index (χ0v) is 10.0. The molecule has 94 valence electrons. The number of benzene rings is 2. The van der Waals surface area contributed by atoms with Crippen LogP contribution in [0, 0.1) is 10.8 Å². The summed E-state index contributed by atoms with van der Waals surface area (Å²) in [5.74, 6) is -0.0365. The monoisotopic (exact) mass is 252 g/mol. The van der Waals surface area contributed by atoms with Gasteiger partial charge in [-0.25, -0.2) is 0 Å². The van der Waals surface area contributed by atoms with Crippen LogP contribution in [0.5, 0.6) is 0 Å². The lowest BCUT2D eigenvalue weighted by atomic mass is 10.1. The number of amidine groups is 2. The van der Waals surface area contributed by atoms with Crippen LogP contribution < -0.4 is 11.5 Å². The zero-order chi connectivity index (χ0) is 13.6. The largest absolute Gasteiger partial charge is 0.455 e. The minimum Gasteiger partial charge on any atom is -0.455 e. The summed E-state index contributed by atoms with van der Waals surface area (Å²) in [7, 11) is 0. The topological polar surface area (TPSA) is 113 Å². The van der Waals surface area contributed by atoms with Gasteiger partial charge in [0.25, 0.3) is 0 Å². The standard InChI is InChI=1S/C14H12N4O/c15-13(16)7-4-5-8-9-2-1-3-10(14(17)18)12(9)19-11(8)6-7/h1-6H,(H3,15,16)(H3,17,18). The third-order valence-electron chi connectivity index (χ3n) is 3.10. The summed E-state index contributed by atoms with van der Waals surface area (Å²) >= 11 is 0. The predicted molar refractivity (Wildman–Crippen MR) is 75.8 cm³/mol. The Morgan fingerprint density at radius 2 is 1.74 bits per heavy atom. The first-order chi connectivity index (χ1) is 9.08. The maximum absolute atomic E-state index is 7.57. The van der Waals surface area contributed by atoms with Crippen molar-refractivity contribution in [2.75, 3.05) is 0 Å². The van der Waals surface area contributed by atoms with Gasteiger partial charge in [-0.1, -0.05) is 18.2 Å². The molecule has 5 nitrogen and oxygen atoms in total. The van der Waals surface area contributed by atoms with Crippen LogP contribution in [0.2, 0.25) is 0 Å². The number of nitrogens with two attached hydrogens (primary N) is 2. The lowest BCUT2D eigenvalue weighted by Gasteiger charge is -1.97. The van der Waals surface area contributed by atoms with Crippen LogP contribution in [-0.4, -0.2) is 11.7 Å². The molecule has 0 fully saturated rings. The van der Waals surface area contributed by atoms with E-state index in [0.717, 1.165) is 10.8 Å². The summed E-state index contributed by atoms with van der Waals surface area (Å²) in [5, 5.41) is 16.8. The van der Waals surface area contributed by atoms with Crippen LogP contribution in [-0.2, 0) is 0 Å².